The predicted octanol–water partition coefficient (Wildman–Crippen LogP) is 0.965. The fourth-order valence-corrected chi connectivity index (χ4v) is 2.60. The van der Waals surface area contributed by atoms with E-state index in [2.05, 4.69) is 36.0 Å². The van der Waals surface area contributed by atoms with Crippen molar-refractivity contribution in [1.82, 2.24) is 15.1 Å². The number of nitrogens with one attached hydrogen (secondary N) is 1. The summed E-state index contributed by atoms with van der Waals surface area (Å²) in [5.74, 6) is 2.46. The summed E-state index contributed by atoms with van der Waals surface area (Å²) in [4.78, 5) is 4.97. The SMILES string of the molecule is CCSCC(C)NCCN1CCN(C)CC1. The summed E-state index contributed by atoms with van der Waals surface area (Å²) < 4.78 is 0. The van der Waals surface area contributed by atoms with E-state index in [9.17, 15) is 0 Å². The minimum Gasteiger partial charge on any atom is -0.312 e. The maximum Gasteiger partial charge on any atom is 0.0130 e. The highest BCUT2D eigenvalue weighted by Crippen LogP contribution is 2.01. The van der Waals surface area contributed by atoms with Gasteiger partial charge in [0.05, 0.1) is 0 Å². The number of hydrogen-bond donors (Lipinski definition) is 1. The monoisotopic (exact) mass is 245 g/mol. The molecule has 4 heteroatoms. The van der Waals surface area contributed by atoms with Crippen LogP contribution in [0.5, 0.6) is 0 Å². The molecule has 1 fully saturated rings. The molecule has 0 aromatic heterocycles. The Kier molecular flexibility index (Phi) is 7.45. The van der Waals surface area contributed by atoms with Crippen LogP contribution in [0, 0.1) is 0 Å². The lowest BCUT2D eigenvalue weighted by molar-refractivity contribution is 0.154. The maximum absolute atomic E-state index is 3.60. The van der Waals surface area contributed by atoms with Crippen LogP contribution in [-0.2, 0) is 0 Å². The number of hydrogen-bond acceptors (Lipinski definition) is 4. The quantitative estimate of drug-likeness (QED) is 0.720. The van der Waals surface area contributed by atoms with Gasteiger partial charge in [-0.2, -0.15) is 11.8 Å². The first kappa shape index (κ1) is 14.3. The number of rotatable bonds is 7. The average molecular weight is 245 g/mol. The molecule has 1 atom stereocenters. The van der Waals surface area contributed by atoms with Crippen LogP contribution in [0.3, 0.4) is 0 Å². The third kappa shape index (κ3) is 6.09. The second-order valence-electron chi connectivity index (χ2n) is 4.66. The molecule has 0 aromatic carbocycles. The van der Waals surface area contributed by atoms with Crippen molar-refractivity contribution in [2.75, 3.05) is 57.8 Å². The van der Waals surface area contributed by atoms with Gasteiger partial charge in [-0.15, -0.1) is 0 Å². The van der Waals surface area contributed by atoms with Crippen LogP contribution in [0.2, 0.25) is 0 Å². The normalized spacial score (nSPS) is 21.2. The molecule has 0 aromatic rings. The zero-order chi connectivity index (χ0) is 11.8. The Balaban J connectivity index is 1.98. The summed E-state index contributed by atoms with van der Waals surface area (Å²) in [6, 6.07) is 0.650. The van der Waals surface area contributed by atoms with E-state index in [1.807, 2.05) is 11.8 Å². The number of likely N-dealkylation sites (N-methyl/N-ethyl adjacent to an activating group) is 1. The van der Waals surface area contributed by atoms with Gasteiger partial charge in [-0.05, 0) is 19.7 Å². The number of nitrogens with zero attached hydrogens (tertiary/aromatic N) is 2. The molecule has 96 valence electrons. The first-order valence-electron chi connectivity index (χ1n) is 6.44. The lowest BCUT2D eigenvalue weighted by atomic mass is 10.3. The smallest absolute Gasteiger partial charge is 0.0130 e. The van der Waals surface area contributed by atoms with Gasteiger partial charge in [0.2, 0.25) is 0 Å². The van der Waals surface area contributed by atoms with Crippen LogP contribution in [0.1, 0.15) is 13.8 Å². The highest BCUT2D eigenvalue weighted by atomic mass is 32.2. The Labute approximate surface area is 105 Å². The van der Waals surface area contributed by atoms with Crippen LogP contribution in [0.4, 0.5) is 0 Å². The fourth-order valence-electron chi connectivity index (χ4n) is 1.89. The van der Waals surface area contributed by atoms with Gasteiger partial charge in [-0.3, -0.25) is 4.90 Å². The number of piperazine rings is 1. The van der Waals surface area contributed by atoms with E-state index < -0.39 is 0 Å². The summed E-state index contributed by atoms with van der Waals surface area (Å²) in [5, 5.41) is 3.60. The minimum atomic E-state index is 0.650. The molecule has 16 heavy (non-hydrogen) atoms. The van der Waals surface area contributed by atoms with E-state index in [1.54, 1.807) is 0 Å². The second-order valence-corrected chi connectivity index (χ2v) is 5.98. The molecule has 1 saturated heterocycles. The third-order valence-electron chi connectivity index (χ3n) is 3.09. The van der Waals surface area contributed by atoms with Gasteiger partial charge in [-0.25, -0.2) is 0 Å². The van der Waals surface area contributed by atoms with Gasteiger partial charge in [0.15, 0.2) is 0 Å². The molecule has 3 nitrogen and oxygen atoms in total. The van der Waals surface area contributed by atoms with E-state index in [-0.39, 0.29) is 0 Å². The largest absolute Gasteiger partial charge is 0.312 e. The highest BCUT2D eigenvalue weighted by molar-refractivity contribution is 7.99. The van der Waals surface area contributed by atoms with Crippen molar-refractivity contribution >= 4 is 11.8 Å². The van der Waals surface area contributed by atoms with Crippen molar-refractivity contribution in [1.29, 1.82) is 0 Å². The van der Waals surface area contributed by atoms with Crippen molar-refractivity contribution < 1.29 is 0 Å². The molecule has 1 N–H and O–H groups in total. The molecule has 1 unspecified atom stereocenters. The molecule has 0 amide bonds. The summed E-state index contributed by atoms with van der Waals surface area (Å²) in [7, 11) is 2.21. The van der Waals surface area contributed by atoms with E-state index in [0.717, 1.165) is 6.54 Å². The molecule has 1 aliphatic rings. The molecular formula is C12H27N3S. The topological polar surface area (TPSA) is 18.5 Å². The first-order valence-corrected chi connectivity index (χ1v) is 7.60. The van der Waals surface area contributed by atoms with Gasteiger partial charge in [0, 0.05) is 51.1 Å². The first-order chi connectivity index (χ1) is 7.72. The minimum absolute atomic E-state index is 0.650. The van der Waals surface area contributed by atoms with Gasteiger partial charge in [0.25, 0.3) is 0 Å². The standard InChI is InChI=1S/C12H27N3S/c1-4-16-11-12(2)13-5-6-15-9-7-14(3)8-10-15/h12-13H,4-11H2,1-3H3. The Hall–Kier alpha value is 0.230. The number of thioether (sulfide) groups is 1. The molecule has 0 bridgehead atoms. The molecule has 0 spiro atoms. The summed E-state index contributed by atoms with van der Waals surface area (Å²) >= 11 is 2.02. The lowest BCUT2D eigenvalue weighted by Crippen LogP contribution is -2.47. The Morgan fingerprint density at radius 2 is 1.94 bits per heavy atom. The van der Waals surface area contributed by atoms with Crippen molar-refractivity contribution in [3.8, 4) is 0 Å². The van der Waals surface area contributed by atoms with Gasteiger partial charge >= 0.3 is 0 Å². The van der Waals surface area contributed by atoms with Gasteiger partial charge in [-0.1, -0.05) is 6.92 Å². The Bertz CT molecular complexity index is 170. The van der Waals surface area contributed by atoms with E-state index in [1.165, 1.54) is 44.2 Å². The molecule has 1 aliphatic heterocycles. The third-order valence-corrected chi connectivity index (χ3v) is 4.23. The molecular weight excluding hydrogens is 218 g/mol. The van der Waals surface area contributed by atoms with Crippen molar-refractivity contribution in [3.63, 3.8) is 0 Å². The van der Waals surface area contributed by atoms with E-state index >= 15 is 0 Å². The highest BCUT2D eigenvalue weighted by Gasteiger charge is 2.12. The van der Waals surface area contributed by atoms with Crippen LogP contribution in [-0.4, -0.2) is 73.7 Å². The second kappa shape index (κ2) is 8.34. The maximum atomic E-state index is 3.60. The van der Waals surface area contributed by atoms with Gasteiger partial charge < -0.3 is 10.2 Å². The van der Waals surface area contributed by atoms with E-state index in [0.29, 0.717) is 6.04 Å². The Morgan fingerprint density at radius 3 is 2.56 bits per heavy atom. The zero-order valence-electron chi connectivity index (χ0n) is 11.0. The van der Waals surface area contributed by atoms with Crippen LogP contribution in [0.25, 0.3) is 0 Å². The lowest BCUT2D eigenvalue weighted by Gasteiger charge is -2.32. The van der Waals surface area contributed by atoms with Crippen LogP contribution in [0.15, 0.2) is 0 Å². The fraction of sp³-hybridized carbons (Fsp3) is 1.00. The van der Waals surface area contributed by atoms with Crippen LogP contribution < -0.4 is 5.32 Å². The summed E-state index contributed by atoms with van der Waals surface area (Å²) in [6.45, 7) is 11.8. The molecule has 0 radical (unpaired) electrons. The molecule has 0 aliphatic carbocycles. The molecule has 0 saturated carbocycles. The summed E-state index contributed by atoms with van der Waals surface area (Å²) in [6.07, 6.45) is 0. The summed E-state index contributed by atoms with van der Waals surface area (Å²) in [5.41, 5.74) is 0. The van der Waals surface area contributed by atoms with Crippen molar-refractivity contribution in [3.05, 3.63) is 0 Å². The molecule has 1 rings (SSSR count). The molecule has 1 heterocycles. The average Bonchev–Trinajstić information content (AvgIpc) is 2.29. The zero-order valence-corrected chi connectivity index (χ0v) is 11.9. The predicted molar refractivity (Wildman–Crippen MR) is 74.4 cm³/mol. The van der Waals surface area contributed by atoms with Crippen molar-refractivity contribution in [2.24, 2.45) is 0 Å². The Morgan fingerprint density at radius 1 is 1.25 bits per heavy atom. The van der Waals surface area contributed by atoms with E-state index in [4.69, 9.17) is 0 Å². The van der Waals surface area contributed by atoms with Crippen molar-refractivity contribution in [2.45, 2.75) is 19.9 Å². The van der Waals surface area contributed by atoms with Crippen LogP contribution >= 0.6 is 11.8 Å². The van der Waals surface area contributed by atoms with Gasteiger partial charge in [0.1, 0.15) is 0 Å².